The number of piperidine rings is 1. The average molecular weight is 311 g/mol. The SMILES string of the molecule is CCc1nc(CCNC(=O)N2CCC(C(=O)O)CC2)cs1. The Morgan fingerprint density at radius 1 is 1.48 bits per heavy atom. The lowest BCUT2D eigenvalue weighted by atomic mass is 9.97. The fraction of sp³-hybridized carbons (Fsp3) is 0.643. The third-order valence-electron chi connectivity index (χ3n) is 3.69. The molecule has 0 aromatic carbocycles. The van der Waals surface area contributed by atoms with Crippen molar-refractivity contribution in [2.45, 2.75) is 32.6 Å². The first-order chi connectivity index (χ1) is 10.1. The van der Waals surface area contributed by atoms with Crippen molar-refractivity contribution < 1.29 is 14.7 Å². The highest BCUT2D eigenvalue weighted by atomic mass is 32.1. The summed E-state index contributed by atoms with van der Waals surface area (Å²) in [6, 6.07) is -0.107. The molecule has 7 heteroatoms. The molecule has 2 rings (SSSR count). The monoisotopic (exact) mass is 311 g/mol. The van der Waals surface area contributed by atoms with Crippen LogP contribution < -0.4 is 5.32 Å². The van der Waals surface area contributed by atoms with Crippen LogP contribution in [0.5, 0.6) is 0 Å². The lowest BCUT2D eigenvalue weighted by Gasteiger charge is -2.30. The summed E-state index contributed by atoms with van der Waals surface area (Å²) in [5, 5.41) is 15.0. The number of carbonyl (C=O) groups excluding carboxylic acids is 1. The van der Waals surface area contributed by atoms with Crippen LogP contribution >= 0.6 is 11.3 Å². The molecule has 0 unspecified atom stereocenters. The number of hydrogen-bond acceptors (Lipinski definition) is 4. The zero-order valence-corrected chi connectivity index (χ0v) is 13.0. The Balaban J connectivity index is 1.69. The van der Waals surface area contributed by atoms with Crippen molar-refractivity contribution in [2.75, 3.05) is 19.6 Å². The van der Waals surface area contributed by atoms with Crippen LogP contribution in [-0.2, 0) is 17.6 Å². The largest absolute Gasteiger partial charge is 0.481 e. The summed E-state index contributed by atoms with van der Waals surface area (Å²) in [6.45, 7) is 3.66. The normalized spacial score (nSPS) is 16.0. The standard InChI is InChI=1S/C14H21N3O3S/c1-2-12-16-11(9-21-12)3-6-15-14(20)17-7-4-10(5-8-17)13(18)19/h9-10H,2-8H2,1H3,(H,15,20)(H,18,19). The highest BCUT2D eigenvalue weighted by molar-refractivity contribution is 7.09. The van der Waals surface area contributed by atoms with Gasteiger partial charge in [0.1, 0.15) is 0 Å². The number of carboxylic acid groups (broad SMARTS) is 1. The van der Waals surface area contributed by atoms with E-state index >= 15 is 0 Å². The van der Waals surface area contributed by atoms with Crippen LogP contribution in [0.15, 0.2) is 5.38 Å². The first-order valence-corrected chi connectivity index (χ1v) is 8.17. The second kappa shape index (κ2) is 7.40. The van der Waals surface area contributed by atoms with Crippen molar-refractivity contribution in [3.63, 3.8) is 0 Å². The van der Waals surface area contributed by atoms with Crippen LogP contribution in [-0.4, -0.2) is 46.6 Å². The Morgan fingerprint density at radius 3 is 2.76 bits per heavy atom. The van der Waals surface area contributed by atoms with Gasteiger partial charge in [-0.1, -0.05) is 6.92 Å². The third-order valence-corrected chi connectivity index (χ3v) is 4.73. The molecule has 0 radical (unpaired) electrons. The number of carbonyl (C=O) groups is 2. The first-order valence-electron chi connectivity index (χ1n) is 7.29. The molecule has 1 aromatic rings. The van der Waals surface area contributed by atoms with Crippen molar-refractivity contribution in [2.24, 2.45) is 5.92 Å². The fourth-order valence-electron chi connectivity index (χ4n) is 2.36. The summed E-state index contributed by atoms with van der Waals surface area (Å²) in [5.41, 5.74) is 1.02. The second-order valence-electron chi connectivity index (χ2n) is 5.17. The van der Waals surface area contributed by atoms with Crippen molar-refractivity contribution in [3.05, 3.63) is 16.1 Å². The number of likely N-dealkylation sites (tertiary alicyclic amines) is 1. The molecule has 1 aliphatic rings. The van der Waals surface area contributed by atoms with Crippen LogP contribution in [0.2, 0.25) is 0 Å². The van der Waals surface area contributed by atoms with Gasteiger partial charge < -0.3 is 15.3 Å². The maximum Gasteiger partial charge on any atom is 0.317 e. The minimum atomic E-state index is -0.759. The topological polar surface area (TPSA) is 82.5 Å². The van der Waals surface area contributed by atoms with E-state index in [1.165, 1.54) is 0 Å². The van der Waals surface area contributed by atoms with Gasteiger partial charge >= 0.3 is 12.0 Å². The molecule has 2 N–H and O–H groups in total. The number of carboxylic acids is 1. The number of urea groups is 1. The number of aryl methyl sites for hydroxylation is 1. The molecule has 116 valence electrons. The summed E-state index contributed by atoms with van der Waals surface area (Å²) < 4.78 is 0. The number of nitrogens with one attached hydrogen (secondary N) is 1. The van der Waals surface area contributed by atoms with Crippen LogP contribution in [0.4, 0.5) is 4.79 Å². The summed E-state index contributed by atoms with van der Waals surface area (Å²) in [4.78, 5) is 29.0. The smallest absolute Gasteiger partial charge is 0.317 e. The molecule has 1 saturated heterocycles. The maximum atomic E-state index is 12.0. The molecule has 2 amide bonds. The number of thiazole rings is 1. The zero-order chi connectivity index (χ0) is 15.2. The Morgan fingerprint density at radius 2 is 2.19 bits per heavy atom. The quantitative estimate of drug-likeness (QED) is 0.868. The van der Waals surface area contributed by atoms with Gasteiger partial charge in [0.05, 0.1) is 16.6 Å². The Hall–Kier alpha value is -1.63. The third kappa shape index (κ3) is 4.42. The zero-order valence-electron chi connectivity index (χ0n) is 12.2. The molecule has 2 heterocycles. The van der Waals surface area contributed by atoms with E-state index in [4.69, 9.17) is 5.11 Å². The van der Waals surface area contributed by atoms with E-state index in [-0.39, 0.29) is 11.9 Å². The minimum Gasteiger partial charge on any atom is -0.481 e. The van der Waals surface area contributed by atoms with E-state index in [1.807, 2.05) is 5.38 Å². The van der Waals surface area contributed by atoms with Gasteiger partial charge in [-0.25, -0.2) is 9.78 Å². The van der Waals surface area contributed by atoms with Crippen molar-refractivity contribution >= 4 is 23.3 Å². The average Bonchev–Trinajstić information content (AvgIpc) is 2.95. The molecular formula is C14H21N3O3S. The summed E-state index contributed by atoms with van der Waals surface area (Å²) in [7, 11) is 0. The van der Waals surface area contributed by atoms with Crippen molar-refractivity contribution in [3.8, 4) is 0 Å². The Kier molecular flexibility index (Phi) is 5.55. The van der Waals surface area contributed by atoms with E-state index < -0.39 is 5.97 Å². The van der Waals surface area contributed by atoms with E-state index in [0.717, 1.165) is 23.5 Å². The molecule has 1 fully saturated rings. The highest BCUT2D eigenvalue weighted by Crippen LogP contribution is 2.17. The van der Waals surface area contributed by atoms with Gasteiger partial charge in [0.25, 0.3) is 0 Å². The predicted octanol–water partition coefficient (Wildman–Crippen LogP) is 1.75. The highest BCUT2D eigenvalue weighted by Gasteiger charge is 2.26. The Labute approximate surface area is 128 Å². The van der Waals surface area contributed by atoms with Gasteiger partial charge in [-0.3, -0.25) is 4.79 Å². The van der Waals surface area contributed by atoms with E-state index in [1.54, 1.807) is 16.2 Å². The summed E-state index contributed by atoms with van der Waals surface area (Å²) in [5.74, 6) is -1.07. The number of nitrogens with zero attached hydrogens (tertiary/aromatic N) is 2. The molecule has 0 atom stereocenters. The Bertz CT molecular complexity index is 495. The molecule has 21 heavy (non-hydrogen) atoms. The molecule has 0 aliphatic carbocycles. The van der Waals surface area contributed by atoms with Crippen molar-refractivity contribution in [1.82, 2.24) is 15.2 Å². The van der Waals surface area contributed by atoms with Gasteiger partial charge in [-0.15, -0.1) is 11.3 Å². The lowest BCUT2D eigenvalue weighted by molar-refractivity contribution is -0.143. The van der Waals surface area contributed by atoms with E-state index in [2.05, 4.69) is 17.2 Å². The molecule has 0 saturated carbocycles. The van der Waals surface area contributed by atoms with E-state index in [0.29, 0.717) is 32.5 Å². The molecule has 0 spiro atoms. The summed E-state index contributed by atoms with van der Waals surface area (Å²) >= 11 is 1.65. The van der Waals surface area contributed by atoms with Crippen molar-refractivity contribution in [1.29, 1.82) is 0 Å². The first kappa shape index (κ1) is 15.8. The summed E-state index contributed by atoms with van der Waals surface area (Å²) in [6.07, 6.45) is 2.74. The minimum absolute atomic E-state index is 0.107. The van der Waals surface area contributed by atoms with Crippen LogP contribution in [0.1, 0.15) is 30.5 Å². The lowest BCUT2D eigenvalue weighted by Crippen LogP contribution is -2.45. The fourth-order valence-corrected chi connectivity index (χ4v) is 3.14. The van der Waals surface area contributed by atoms with Gasteiger partial charge in [-0.05, 0) is 19.3 Å². The predicted molar refractivity (Wildman–Crippen MR) is 80.5 cm³/mol. The number of rotatable bonds is 5. The van der Waals surface area contributed by atoms with Gasteiger partial charge in [0.2, 0.25) is 0 Å². The van der Waals surface area contributed by atoms with Gasteiger partial charge in [0.15, 0.2) is 0 Å². The molecule has 6 nitrogen and oxygen atoms in total. The number of amides is 2. The van der Waals surface area contributed by atoms with Crippen LogP contribution in [0.25, 0.3) is 0 Å². The second-order valence-corrected chi connectivity index (χ2v) is 6.11. The van der Waals surface area contributed by atoms with E-state index in [9.17, 15) is 9.59 Å². The molecule has 1 aliphatic heterocycles. The van der Waals surface area contributed by atoms with Gasteiger partial charge in [0, 0.05) is 31.4 Å². The number of aliphatic carboxylic acids is 1. The maximum absolute atomic E-state index is 12.0. The molecule has 1 aromatic heterocycles. The van der Waals surface area contributed by atoms with Gasteiger partial charge in [-0.2, -0.15) is 0 Å². The van der Waals surface area contributed by atoms with Crippen LogP contribution in [0, 0.1) is 5.92 Å². The number of hydrogen-bond donors (Lipinski definition) is 2. The molecular weight excluding hydrogens is 290 g/mol. The molecule has 0 bridgehead atoms. The van der Waals surface area contributed by atoms with Crippen LogP contribution in [0.3, 0.4) is 0 Å². The number of aromatic nitrogens is 1.